The predicted octanol–water partition coefficient (Wildman–Crippen LogP) is 4.00. The second-order valence-corrected chi connectivity index (χ2v) is 8.11. The highest BCUT2D eigenvalue weighted by Gasteiger charge is 2.30. The molecule has 33 heavy (non-hydrogen) atoms. The first-order valence-electron chi connectivity index (χ1n) is 10.7. The smallest absolute Gasteiger partial charge is 0.368 e. The molecule has 1 aliphatic rings. The van der Waals surface area contributed by atoms with Crippen LogP contribution < -0.4 is 20.9 Å². The van der Waals surface area contributed by atoms with E-state index in [1.165, 1.54) is 12.1 Å². The van der Waals surface area contributed by atoms with Gasteiger partial charge in [0.1, 0.15) is 0 Å². The Balaban J connectivity index is 1.49. The molecule has 3 N–H and O–H groups in total. The number of urea groups is 1. The molecule has 2 aromatic carbocycles. The molecule has 0 aromatic heterocycles. The lowest BCUT2D eigenvalue weighted by Crippen LogP contribution is -2.50. The van der Waals surface area contributed by atoms with Crippen LogP contribution in [-0.4, -0.2) is 55.6 Å². The summed E-state index contributed by atoms with van der Waals surface area (Å²) >= 11 is 0. The Bertz CT molecular complexity index is 955. The van der Waals surface area contributed by atoms with Crippen molar-refractivity contribution < 1.29 is 22.8 Å². The molecule has 3 rings (SSSR count). The molecular formula is C23H28F3N5O2. The molecule has 7 nitrogen and oxygen atoms in total. The average Bonchev–Trinajstić information content (AvgIpc) is 2.78. The summed E-state index contributed by atoms with van der Waals surface area (Å²) in [4.78, 5) is 28.1. The Morgan fingerprint density at radius 2 is 1.61 bits per heavy atom. The Kier molecular flexibility index (Phi) is 7.80. The maximum absolute atomic E-state index is 12.9. The van der Waals surface area contributed by atoms with E-state index in [4.69, 9.17) is 0 Å². The van der Waals surface area contributed by atoms with Crippen molar-refractivity contribution in [1.82, 2.24) is 10.2 Å². The van der Waals surface area contributed by atoms with E-state index in [9.17, 15) is 22.8 Å². The summed E-state index contributed by atoms with van der Waals surface area (Å²) in [6, 6.07) is 11.9. The minimum Gasteiger partial charge on any atom is -0.368 e. The largest absolute Gasteiger partial charge is 0.416 e. The number of nitrogens with one attached hydrogen (secondary N) is 3. The number of alkyl halides is 3. The molecule has 0 saturated carbocycles. The number of carbonyl (C=O) groups excluding carboxylic acids is 2. The third-order valence-corrected chi connectivity index (χ3v) is 5.20. The zero-order valence-electron chi connectivity index (χ0n) is 18.6. The second kappa shape index (κ2) is 10.6. The molecule has 0 aliphatic carbocycles. The lowest BCUT2D eigenvalue weighted by Gasteiger charge is -2.36. The quantitative estimate of drug-likeness (QED) is 0.606. The topological polar surface area (TPSA) is 76.7 Å². The minimum atomic E-state index is -4.46. The van der Waals surface area contributed by atoms with E-state index in [1.807, 2.05) is 38.1 Å². The van der Waals surface area contributed by atoms with E-state index < -0.39 is 17.8 Å². The van der Waals surface area contributed by atoms with Gasteiger partial charge in [0, 0.05) is 49.3 Å². The van der Waals surface area contributed by atoms with Gasteiger partial charge in [-0.2, -0.15) is 13.2 Å². The van der Waals surface area contributed by atoms with Gasteiger partial charge in [-0.05, 0) is 42.5 Å². The molecule has 0 atom stereocenters. The standard InChI is InChI=1S/C23H28F3N5O2/c1-16(2)27-15-21(32)28-18-6-8-20(9-7-18)30-10-12-31(13-11-30)22(33)29-19-5-3-4-17(14-19)23(24,25)26/h3-9,14,16,27H,10-13,15H2,1-2H3,(H,28,32)(H,29,33). The number of amides is 3. The zero-order valence-corrected chi connectivity index (χ0v) is 18.6. The van der Waals surface area contributed by atoms with Gasteiger partial charge in [-0.15, -0.1) is 0 Å². The fraction of sp³-hybridized carbons (Fsp3) is 0.391. The Morgan fingerprint density at radius 3 is 2.21 bits per heavy atom. The number of benzene rings is 2. The third kappa shape index (κ3) is 7.11. The first-order chi connectivity index (χ1) is 15.6. The Labute approximate surface area is 190 Å². The molecule has 0 unspecified atom stereocenters. The molecule has 0 bridgehead atoms. The number of hydrogen-bond donors (Lipinski definition) is 3. The van der Waals surface area contributed by atoms with Gasteiger partial charge in [0.15, 0.2) is 0 Å². The number of rotatable bonds is 6. The van der Waals surface area contributed by atoms with Crippen LogP contribution in [0.2, 0.25) is 0 Å². The maximum atomic E-state index is 12.9. The predicted molar refractivity (Wildman–Crippen MR) is 122 cm³/mol. The maximum Gasteiger partial charge on any atom is 0.416 e. The zero-order chi connectivity index (χ0) is 24.0. The number of carbonyl (C=O) groups is 2. The number of piperazine rings is 1. The van der Waals surface area contributed by atoms with Gasteiger partial charge in [0.2, 0.25) is 5.91 Å². The van der Waals surface area contributed by atoms with E-state index in [1.54, 1.807) is 4.90 Å². The molecule has 2 aromatic rings. The fourth-order valence-corrected chi connectivity index (χ4v) is 3.40. The summed E-state index contributed by atoms with van der Waals surface area (Å²) in [5.74, 6) is -0.114. The average molecular weight is 464 g/mol. The van der Waals surface area contributed by atoms with Gasteiger partial charge in [0.25, 0.3) is 0 Å². The molecular weight excluding hydrogens is 435 g/mol. The van der Waals surface area contributed by atoms with E-state index >= 15 is 0 Å². The molecule has 1 aliphatic heterocycles. The summed E-state index contributed by atoms with van der Waals surface area (Å²) in [6.07, 6.45) is -4.46. The SMILES string of the molecule is CC(C)NCC(=O)Nc1ccc(N2CCN(C(=O)Nc3cccc(C(F)(F)F)c3)CC2)cc1. The molecule has 0 spiro atoms. The van der Waals surface area contributed by atoms with Gasteiger partial charge in [-0.1, -0.05) is 19.9 Å². The summed E-state index contributed by atoms with van der Waals surface area (Å²) in [6.45, 7) is 6.21. The fourth-order valence-electron chi connectivity index (χ4n) is 3.40. The van der Waals surface area contributed by atoms with Crippen molar-refractivity contribution in [2.24, 2.45) is 0 Å². The molecule has 1 fully saturated rings. The van der Waals surface area contributed by atoms with E-state index in [0.29, 0.717) is 31.9 Å². The number of hydrogen-bond acceptors (Lipinski definition) is 4. The van der Waals surface area contributed by atoms with Gasteiger partial charge in [-0.25, -0.2) is 4.79 Å². The van der Waals surface area contributed by atoms with Crippen LogP contribution in [-0.2, 0) is 11.0 Å². The normalized spacial score (nSPS) is 14.4. The third-order valence-electron chi connectivity index (χ3n) is 5.20. The molecule has 178 valence electrons. The van der Waals surface area contributed by atoms with E-state index in [2.05, 4.69) is 20.9 Å². The van der Waals surface area contributed by atoms with Crippen molar-refractivity contribution in [1.29, 1.82) is 0 Å². The molecule has 3 amide bonds. The summed E-state index contributed by atoms with van der Waals surface area (Å²) < 4.78 is 38.6. The van der Waals surface area contributed by atoms with Crippen LogP contribution in [0, 0.1) is 0 Å². The van der Waals surface area contributed by atoms with Crippen molar-refractivity contribution >= 4 is 29.0 Å². The lowest BCUT2D eigenvalue weighted by molar-refractivity contribution is -0.137. The molecule has 1 saturated heterocycles. The highest BCUT2D eigenvalue weighted by Crippen LogP contribution is 2.30. The van der Waals surface area contributed by atoms with E-state index in [-0.39, 0.29) is 24.2 Å². The first kappa shape index (κ1) is 24.4. The van der Waals surface area contributed by atoms with E-state index in [0.717, 1.165) is 17.8 Å². The number of halogens is 3. The number of nitrogens with zero attached hydrogens (tertiary/aromatic N) is 2. The minimum absolute atomic E-state index is 0.110. The summed E-state index contributed by atoms with van der Waals surface area (Å²) in [5.41, 5.74) is 0.971. The lowest BCUT2D eigenvalue weighted by atomic mass is 10.2. The van der Waals surface area contributed by atoms with Gasteiger partial charge >= 0.3 is 12.2 Å². The monoisotopic (exact) mass is 463 g/mol. The van der Waals surface area contributed by atoms with Crippen LogP contribution in [0.25, 0.3) is 0 Å². The van der Waals surface area contributed by atoms with Gasteiger partial charge in [0.05, 0.1) is 12.1 Å². The summed E-state index contributed by atoms with van der Waals surface area (Å²) in [5, 5.41) is 8.44. The first-order valence-corrected chi connectivity index (χ1v) is 10.7. The summed E-state index contributed by atoms with van der Waals surface area (Å²) in [7, 11) is 0. The highest BCUT2D eigenvalue weighted by atomic mass is 19.4. The second-order valence-electron chi connectivity index (χ2n) is 8.11. The van der Waals surface area contributed by atoms with Crippen LogP contribution >= 0.6 is 0 Å². The van der Waals surface area contributed by atoms with Crippen molar-refractivity contribution in [3.8, 4) is 0 Å². The van der Waals surface area contributed by atoms with Crippen molar-refractivity contribution in [2.45, 2.75) is 26.1 Å². The van der Waals surface area contributed by atoms with Gasteiger partial charge < -0.3 is 25.8 Å². The van der Waals surface area contributed by atoms with Crippen LogP contribution in [0.15, 0.2) is 48.5 Å². The van der Waals surface area contributed by atoms with Gasteiger partial charge in [-0.3, -0.25) is 4.79 Å². The van der Waals surface area contributed by atoms with Crippen LogP contribution in [0.1, 0.15) is 19.4 Å². The van der Waals surface area contributed by atoms with Crippen molar-refractivity contribution in [2.75, 3.05) is 48.3 Å². The Hall–Kier alpha value is -3.27. The Morgan fingerprint density at radius 1 is 0.939 bits per heavy atom. The molecule has 10 heteroatoms. The highest BCUT2D eigenvalue weighted by molar-refractivity contribution is 5.92. The van der Waals surface area contributed by atoms with Crippen LogP contribution in [0.3, 0.4) is 0 Å². The van der Waals surface area contributed by atoms with Crippen LogP contribution in [0.4, 0.5) is 35.0 Å². The molecule has 0 radical (unpaired) electrons. The molecule has 1 heterocycles. The van der Waals surface area contributed by atoms with Crippen molar-refractivity contribution in [3.05, 3.63) is 54.1 Å². The van der Waals surface area contributed by atoms with Crippen LogP contribution in [0.5, 0.6) is 0 Å². The van der Waals surface area contributed by atoms with Crippen molar-refractivity contribution in [3.63, 3.8) is 0 Å². The number of anilines is 3.